The van der Waals surface area contributed by atoms with Gasteiger partial charge in [0.05, 0.1) is 4.47 Å². The number of benzene rings is 1. The zero-order valence-electron chi connectivity index (χ0n) is 6.39. The molecule has 0 bridgehead atoms. The van der Waals surface area contributed by atoms with Crippen molar-refractivity contribution in [2.24, 2.45) is 0 Å². The lowest BCUT2D eigenvalue weighted by molar-refractivity contribution is 0.242. The second-order valence-corrected chi connectivity index (χ2v) is 5.23. The lowest BCUT2D eigenvalue weighted by atomic mass is 10.3. The van der Waals surface area contributed by atoms with Crippen molar-refractivity contribution in [1.29, 1.82) is 0 Å². The van der Waals surface area contributed by atoms with Crippen LogP contribution in [-0.4, -0.2) is 0 Å². The molecule has 0 spiro atoms. The van der Waals surface area contributed by atoms with Crippen LogP contribution in [0.2, 0.25) is 0 Å². The Balaban J connectivity index is 3.09. The molecule has 82 valence electrons. The molecule has 8 heteroatoms. The number of halogens is 6. The molecule has 0 atom stereocenters. The molecule has 0 aliphatic rings. The topological polar surface area (TPSA) is 9.23 Å². The number of rotatable bonds is 2. The van der Waals surface area contributed by atoms with E-state index in [-0.39, 0.29) is 4.47 Å². The Labute approximate surface area is 84.9 Å². The third-order valence-corrected chi connectivity index (χ3v) is 2.23. The molecule has 0 N–H and O–H groups in total. The molecule has 1 rings (SSSR count). The van der Waals surface area contributed by atoms with Crippen molar-refractivity contribution in [2.45, 2.75) is 0 Å². The molecule has 0 saturated heterocycles. The van der Waals surface area contributed by atoms with Gasteiger partial charge < -0.3 is 4.18 Å². The first-order valence-corrected chi connectivity index (χ1v) is 5.83. The first-order chi connectivity index (χ1) is 5.97. The molecule has 1 aromatic carbocycles. The molecule has 0 unspecified atom stereocenters. The van der Waals surface area contributed by atoms with E-state index in [0.717, 1.165) is 12.1 Å². The van der Waals surface area contributed by atoms with Crippen molar-refractivity contribution >= 4 is 26.4 Å². The van der Waals surface area contributed by atoms with Crippen LogP contribution in [0.5, 0.6) is 5.75 Å². The lowest BCUT2D eigenvalue weighted by Crippen LogP contribution is -2.14. The minimum absolute atomic E-state index is 0.187. The number of hydrogen-bond donors (Lipinski definition) is 0. The van der Waals surface area contributed by atoms with Crippen molar-refractivity contribution in [2.75, 3.05) is 0 Å². The maximum atomic E-state index is 11.8. The van der Waals surface area contributed by atoms with E-state index in [1.54, 1.807) is 0 Å². The van der Waals surface area contributed by atoms with Gasteiger partial charge in [-0.3, -0.25) is 0 Å². The van der Waals surface area contributed by atoms with E-state index in [1.807, 2.05) is 0 Å². The fraction of sp³-hybridized carbons (Fsp3) is 0. The van der Waals surface area contributed by atoms with Crippen molar-refractivity contribution in [1.82, 2.24) is 0 Å². The molecular weight excluding hydrogens is 295 g/mol. The third kappa shape index (κ3) is 4.14. The molecule has 14 heavy (non-hydrogen) atoms. The van der Waals surface area contributed by atoms with Crippen LogP contribution in [0.15, 0.2) is 28.7 Å². The Bertz CT molecular complexity index is 361. The van der Waals surface area contributed by atoms with E-state index in [0.29, 0.717) is 0 Å². The van der Waals surface area contributed by atoms with Crippen LogP contribution in [0.25, 0.3) is 0 Å². The van der Waals surface area contributed by atoms with Gasteiger partial charge in [-0.1, -0.05) is 31.6 Å². The molecule has 0 fully saturated rings. The van der Waals surface area contributed by atoms with Gasteiger partial charge in [-0.05, 0) is 28.1 Å². The van der Waals surface area contributed by atoms with Crippen LogP contribution in [0.1, 0.15) is 0 Å². The highest BCUT2D eigenvalue weighted by molar-refractivity contribution is 9.10. The molecule has 0 aromatic heterocycles. The predicted molar refractivity (Wildman–Crippen MR) is 47.9 cm³/mol. The summed E-state index contributed by atoms with van der Waals surface area (Å²) in [5.74, 6) is -0.952. The number of para-hydroxylation sites is 1. The van der Waals surface area contributed by atoms with Crippen LogP contribution in [0, 0.1) is 0 Å². The second-order valence-electron chi connectivity index (χ2n) is 2.41. The van der Waals surface area contributed by atoms with Gasteiger partial charge in [0.2, 0.25) is 0 Å². The van der Waals surface area contributed by atoms with Gasteiger partial charge in [0.1, 0.15) is 0 Å². The maximum Gasteiger partial charge on any atom is 0.435 e. The smallest absolute Gasteiger partial charge is 0.353 e. The standard InChI is InChI=1S/C6H4BrF5OS/c7-5-3-1-2-4-6(5)13-14(8,9,10,11)12/h1-4H. The first-order valence-electron chi connectivity index (χ1n) is 3.16. The van der Waals surface area contributed by atoms with E-state index >= 15 is 0 Å². The highest BCUT2D eigenvalue weighted by Crippen LogP contribution is 2.97. The van der Waals surface area contributed by atoms with Crippen LogP contribution >= 0.6 is 26.4 Å². The van der Waals surface area contributed by atoms with Crippen LogP contribution in [0.3, 0.4) is 0 Å². The number of hydrogen-bond acceptors (Lipinski definition) is 1. The largest absolute Gasteiger partial charge is 0.435 e. The van der Waals surface area contributed by atoms with Gasteiger partial charge in [0.15, 0.2) is 5.75 Å². The molecule has 1 nitrogen and oxygen atoms in total. The second kappa shape index (κ2) is 2.54. The summed E-state index contributed by atoms with van der Waals surface area (Å²) in [6.07, 6.45) is 0. The van der Waals surface area contributed by atoms with Crippen LogP contribution < -0.4 is 4.18 Å². The molecule has 0 amide bonds. The quantitative estimate of drug-likeness (QED) is 0.695. The fourth-order valence-corrected chi connectivity index (χ4v) is 1.64. The van der Waals surface area contributed by atoms with E-state index in [9.17, 15) is 19.4 Å². The molecule has 0 aliphatic heterocycles. The summed E-state index contributed by atoms with van der Waals surface area (Å²) in [6.45, 7) is 0. The summed E-state index contributed by atoms with van der Waals surface area (Å²) in [4.78, 5) is 0. The van der Waals surface area contributed by atoms with Gasteiger partial charge in [0.25, 0.3) is 0 Å². The summed E-state index contributed by atoms with van der Waals surface area (Å²) in [7, 11) is -9.85. The van der Waals surface area contributed by atoms with Crippen molar-refractivity contribution in [3.63, 3.8) is 0 Å². The average Bonchev–Trinajstić information content (AvgIpc) is 1.88. The molecular formula is C6H4BrF5OS. The lowest BCUT2D eigenvalue weighted by Gasteiger charge is -2.39. The van der Waals surface area contributed by atoms with E-state index < -0.39 is 16.3 Å². The van der Waals surface area contributed by atoms with Crippen molar-refractivity contribution in [3.05, 3.63) is 28.7 Å². The van der Waals surface area contributed by atoms with Gasteiger partial charge >= 0.3 is 10.5 Å². The molecule has 0 radical (unpaired) electrons. The first kappa shape index (κ1) is 11.6. The van der Waals surface area contributed by atoms with Gasteiger partial charge in [0, 0.05) is 0 Å². The normalized spacial score (nSPS) is 17.0. The fourth-order valence-electron chi connectivity index (χ4n) is 0.682. The Kier molecular flexibility index (Phi) is 2.10. The molecule has 0 saturated carbocycles. The van der Waals surface area contributed by atoms with Crippen molar-refractivity contribution in [3.8, 4) is 5.75 Å². The Morgan fingerprint density at radius 2 is 1.50 bits per heavy atom. The highest BCUT2D eigenvalue weighted by Gasteiger charge is 2.67. The van der Waals surface area contributed by atoms with Gasteiger partial charge in [-0.15, -0.1) is 0 Å². The Morgan fingerprint density at radius 3 is 1.93 bits per heavy atom. The molecule has 0 aliphatic carbocycles. The molecule has 0 heterocycles. The van der Waals surface area contributed by atoms with Crippen LogP contribution in [0.4, 0.5) is 19.4 Å². The minimum Gasteiger partial charge on any atom is -0.353 e. The monoisotopic (exact) mass is 298 g/mol. The zero-order chi connectivity index (χ0) is 11.1. The van der Waals surface area contributed by atoms with E-state index in [2.05, 4.69) is 20.1 Å². The molecule has 1 aromatic rings. The van der Waals surface area contributed by atoms with Gasteiger partial charge in [-0.25, -0.2) is 0 Å². The van der Waals surface area contributed by atoms with E-state index in [4.69, 9.17) is 0 Å². The minimum atomic E-state index is -9.85. The Morgan fingerprint density at radius 1 is 1.00 bits per heavy atom. The highest BCUT2D eigenvalue weighted by atomic mass is 79.9. The summed E-state index contributed by atoms with van der Waals surface area (Å²) in [5.41, 5.74) is 0. The summed E-state index contributed by atoms with van der Waals surface area (Å²) < 4.78 is 61.8. The predicted octanol–water partition coefficient (Wildman–Crippen LogP) is 5.04. The van der Waals surface area contributed by atoms with Gasteiger partial charge in [-0.2, -0.15) is 0 Å². The van der Waals surface area contributed by atoms with E-state index in [1.165, 1.54) is 12.1 Å². The summed E-state index contributed by atoms with van der Waals surface area (Å²) in [6, 6.07) is 4.49. The summed E-state index contributed by atoms with van der Waals surface area (Å²) >= 11 is 2.66. The third-order valence-electron chi connectivity index (χ3n) is 1.08. The Hall–Kier alpha value is -0.500. The van der Waals surface area contributed by atoms with Crippen LogP contribution in [-0.2, 0) is 0 Å². The maximum absolute atomic E-state index is 11.8. The summed E-state index contributed by atoms with van der Waals surface area (Å²) in [5, 5.41) is 0. The van der Waals surface area contributed by atoms with Crippen molar-refractivity contribution < 1.29 is 23.6 Å². The SMILES string of the molecule is FS(F)(F)(F)(F)Oc1ccccc1Br. The average molecular weight is 299 g/mol. The zero-order valence-corrected chi connectivity index (χ0v) is 8.80.